The molecule has 0 amide bonds. The number of nitrogens with one attached hydrogen (secondary N) is 1. The molecule has 1 saturated heterocycles. The van der Waals surface area contributed by atoms with Crippen LogP contribution in [0.3, 0.4) is 0 Å². The molecule has 84 valence electrons. The highest BCUT2D eigenvalue weighted by Crippen LogP contribution is 2.26. The Hall–Kier alpha value is -0.530. The highest BCUT2D eigenvalue weighted by molar-refractivity contribution is 5.85. The van der Waals surface area contributed by atoms with E-state index in [9.17, 15) is 0 Å². The quantitative estimate of drug-likeness (QED) is 0.772. The molecule has 0 aromatic heterocycles. The van der Waals surface area contributed by atoms with Gasteiger partial charge in [0.25, 0.3) is 0 Å². The zero-order valence-electron chi connectivity index (χ0n) is 9.71. The van der Waals surface area contributed by atoms with Crippen LogP contribution in [0.1, 0.15) is 44.4 Å². The Morgan fingerprint density at radius 3 is 2.00 bits per heavy atom. The summed E-state index contributed by atoms with van der Waals surface area (Å²) in [6, 6.07) is 9.66. The lowest BCUT2D eigenvalue weighted by atomic mass is 9.85. The van der Waals surface area contributed by atoms with Crippen molar-refractivity contribution < 1.29 is 0 Å². The van der Waals surface area contributed by atoms with Crippen molar-refractivity contribution in [2.45, 2.75) is 38.6 Å². The number of hydrogen-bond donors (Lipinski definition) is 1. The van der Waals surface area contributed by atoms with Crippen LogP contribution >= 0.6 is 12.4 Å². The van der Waals surface area contributed by atoms with E-state index in [2.05, 4.69) is 50.4 Å². The van der Waals surface area contributed by atoms with Crippen molar-refractivity contribution in [3.8, 4) is 0 Å². The average Bonchev–Trinajstić information content (AvgIpc) is 2.00. The van der Waals surface area contributed by atoms with Gasteiger partial charge in [0.15, 0.2) is 0 Å². The minimum Gasteiger partial charge on any atom is -0.310 e. The topological polar surface area (TPSA) is 12.0 Å². The average molecular weight is 226 g/mol. The smallest absolute Gasteiger partial charge is 0.0332 e. The van der Waals surface area contributed by atoms with Crippen LogP contribution < -0.4 is 5.32 Å². The Morgan fingerprint density at radius 2 is 1.67 bits per heavy atom. The zero-order valence-corrected chi connectivity index (χ0v) is 10.5. The predicted octanol–water partition coefficient (Wildman–Crippen LogP) is 3.44. The minimum atomic E-state index is 0. The first-order chi connectivity index (χ1) is 6.57. The number of benzene rings is 1. The molecular formula is C13H20ClN. The molecule has 1 heterocycles. The molecule has 1 fully saturated rings. The van der Waals surface area contributed by atoms with Gasteiger partial charge in [-0.25, -0.2) is 0 Å². The Labute approximate surface area is 98.7 Å². The summed E-state index contributed by atoms with van der Waals surface area (Å²) in [7, 11) is 0. The van der Waals surface area contributed by atoms with Gasteiger partial charge in [0.05, 0.1) is 0 Å². The minimum absolute atomic E-state index is 0. The molecule has 1 N–H and O–H groups in total. The molecule has 0 aliphatic carbocycles. The third kappa shape index (κ3) is 2.73. The van der Waals surface area contributed by atoms with Crippen LogP contribution in [-0.2, 0) is 5.41 Å². The summed E-state index contributed by atoms with van der Waals surface area (Å²) >= 11 is 0. The summed E-state index contributed by atoms with van der Waals surface area (Å²) in [5.74, 6) is 0. The SMILES string of the molecule is CC(C)(C)c1ccc([C@@H]2CCN2)cc1.Cl. The summed E-state index contributed by atoms with van der Waals surface area (Å²) in [6.07, 6.45) is 1.29. The Bertz CT molecular complexity index is 306. The molecule has 2 rings (SSSR count). The maximum Gasteiger partial charge on any atom is 0.0332 e. The van der Waals surface area contributed by atoms with Crippen LogP contribution in [-0.4, -0.2) is 6.54 Å². The first kappa shape index (κ1) is 12.5. The fourth-order valence-electron chi connectivity index (χ4n) is 1.79. The lowest BCUT2D eigenvalue weighted by molar-refractivity contribution is 0.383. The molecule has 0 spiro atoms. The van der Waals surface area contributed by atoms with E-state index < -0.39 is 0 Å². The van der Waals surface area contributed by atoms with Gasteiger partial charge in [-0.2, -0.15) is 0 Å². The lowest BCUT2D eigenvalue weighted by Crippen LogP contribution is -2.34. The van der Waals surface area contributed by atoms with Crippen LogP contribution in [0.5, 0.6) is 0 Å². The molecule has 1 aromatic rings. The third-order valence-corrected chi connectivity index (χ3v) is 3.00. The normalized spacial score (nSPS) is 20.3. The Balaban J connectivity index is 0.00000112. The molecule has 1 atom stereocenters. The van der Waals surface area contributed by atoms with Crippen LogP contribution in [0.15, 0.2) is 24.3 Å². The first-order valence-corrected chi connectivity index (χ1v) is 5.41. The standard InChI is InChI=1S/C13H19N.ClH/c1-13(2,3)11-6-4-10(5-7-11)12-8-9-14-12;/h4-7,12,14H,8-9H2,1-3H3;1H/t12-;/m0./s1. The largest absolute Gasteiger partial charge is 0.310 e. The van der Waals surface area contributed by atoms with Crippen molar-refractivity contribution in [2.75, 3.05) is 6.54 Å². The maximum absolute atomic E-state index is 3.42. The fourth-order valence-corrected chi connectivity index (χ4v) is 1.79. The van der Waals surface area contributed by atoms with E-state index in [1.165, 1.54) is 24.1 Å². The van der Waals surface area contributed by atoms with Gasteiger partial charge < -0.3 is 5.32 Å². The van der Waals surface area contributed by atoms with E-state index in [0.29, 0.717) is 6.04 Å². The van der Waals surface area contributed by atoms with Gasteiger partial charge in [-0.05, 0) is 29.5 Å². The second-order valence-corrected chi connectivity index (χ2v) is 5.17. The van der Waals surface area contributed by atoms with E-state index >= 15 is 0 Å². The maximum atomic E-state index is 3.42. The van der Waals surface area contributed by atoms with Crippen molar-refractivity contribution in [3.63, 3.8) is 0 Å². The summed E-state index contributed by atoms with van der Waals surface area (Å²) in [5.41, 5.74) is 3.12. The van der Waals surface area contributed by atoms with Gasteiger partial charge >= 0.3 is 0 Å². The molecule has 0 unspecified atom stereocenters. The Morgan fingerprint density at radius 1 is 1.13 bits per heavy atom. The molecular weight excluding hydrogens is 206 g/mol. The molecule has 0 saturated carbocycles. The van der Waals surface area contributed by atoms with Crippen molar-refractivity contribution in [1.82, 2.24) is 5.32 Å². The molecule has 1 nitrogen and oxygen atoms in total. The monoisotopic (exact) mass is 225 g/mol. The zero-order chi connectivity index (χ0) is 10.2. The van der Waals surface area contributed by atoms with Gasteiger partial charge in [-0.15, -0.1) is 12.4 Å². The Kier molecular flexibility index (Phi) is 3.80. The van der Waals surface area contributed by atoms with E-state index in [-0.39, 0.29) is 17.8 Å². The summed E-state index contributed by atoms with van der Waals surface area (Å²) in [6.45, 7) is 7.93. The fraction of sp³-hybridized carbons (Fsp3) is 0.538. The molecule has 0 radical (unpaired) electrons. The van der Waals surface area contributed by atoms with E-state index in [1.807, 2.05) is 0 Å². The van der Waals surface area contributed by atoms with Gasteiger partial charge in [0.2, 0.25) is 0 Å². The van der Waals surface area contributed by atoms with Gasteiger partial charge in [-0.1, -0.05) is 45.0 Å². The van der Waals surface area contributed by atoms with Crippen molar-refractivity contribution in [1.29, 1.82) is 0 Å². The number of halogens is 1. The lowest BCUT2D eigenvalue weighted by Gasteiger charge is -2.28. The summed E-state index contributed by atoms with van der Waals surface area (Å²) < 4.78 is 0. The third-order valence-electron chi connectivity index (χ3n) is 3.00. The molecule has 1 aliphatic rings. The van der Waals surface area contributed by atoms with Crippen molar-refractivity contribution >= 4 is 12.4 Å². The molecule has 1 aliphatic heterocycles. The van der Waals surface area contributed by atoms with E-state index in [0.717, 1.165) is 0 Å². The van der Waals surface area contributed by atoms with Gasteiger partial charge in [-0.3, -0.25) is 0 Å². The van der Waals surface area contributed by atoms with Crippen LogP contribution in [0, 0.1) is 0 Å². The summed E-state index contributed by atoms with van der Waals surface area (Å²) in [5, 5.41) is 3.42. The molecule has 15 heavy (non-hydrogen) atoms. The van der Waals surface area contributed by atoms with Crippen LogP contribution in [0.4, 0.5) is 0 Å². The molecule has 0 bridgehead atoms. The van der Waals surface area contributed by atoms with Crippen molar-refractivity contribution in [2.24, 2.45) is 0 Å². The summed E-state index contributed by atoms with van der Waals surface area (Å²) in [4.78, 5) is 0. The molecule has 1 aromatic carbocycles. The highest BCUT2D eigenvalue weighted by atomic mass is 35.5. The van der Waals surface area contributed by atoms with Crippen molar-refractivity contribution in [3.05, 3.63) is 35.4 Å². The van der Waals surface area contributed by atoms with Crippen LogP contribution in [0.25, 0.3) is 0 Å². The first-order valence-electron chi connectivity index (χ1n) is 5.41. The predicted molar refractivity (Wildman–Crippen MR) is 67.8 cm³/mol. The number of hydrogen-bond acceptors (Lipinski definition) is 1. The molecule has 2 heteroatoms. The van der Waals surface area contributed by atoms with E-state index in [4.69, 9.17) is 0 Å². The number of rotatable bonds is 1. The van der Waals surface area contributed by atoms with E-state index in [1.54, 1.807) is 0 Å². The van der Waals surface area contributed by atoms with Gasteiger partial charge in [0, 0.05) is 6.04 Å². The second-order valence-electron chi connectivity index (χ2n) is 5.17. The van der Waals surface area contributed by atoms with Gasteiger partial charge in [0.1, 0.15) is 0 Å². The highest BCUT2D eigenvalue weighted by Gasteiger charge is 2.19. The van der Waals surface area contributed by atoms with Crippen LogP contribution in [0.2, 0.25) is 0 Å². The second kappa shape index (κ2) is 4.54.